The molecule has 2 rings (SSSR count). The molecule has 1 fully saturated rings. The predicted molar refractivity (Wildman–Crippen MR) is 87.2 cm³/mol. The Morgan fingerprint density at radius 3 is 2.19 bits per heavy atom. The fraction of sp³-hybridized carbons (Fsp3) is 0.611. The van der Waals surface area contributed by atoms with Crippen molar-refractivity contribution in [1.82, 2.24) is 4.90 Å². The largest absolute Gasteiger partial charge is 0.342 e. The summed E-state index contributed by atoms with van der Waals surface area (Å²) in [6.45, 7) is 6.45. The fourth-order valence-electron chi connectivity index (χ4n) is 3.29. The highest BCUT2D eigenvalue weighted by molar-refractivity contribution is 5.79. The zero-order valence-electron chi connectivity index (χ0n) is 13.4. The molecule has 21 heavy (non-hydrogen) atoms. The number of benzene rings is 1. The second-order valence-electron chi connectivity index (χ2n) is 6.37. The molecule has 0 aliphatic carbocycles. The van der Waals surface area contributed by atoms with Crippen LogP contribution in [0.25, 0.3) is 0 Å². The second kappa shape index (κ2) is 7.60. The summed E-state index contributed by atoms with van der Waals surface area (Å²) in [6, 6.07) is 6.51. The quantitative estimate of drug-likeness (QED) is 0.926. The van der Waals surface area contributed by atoms with Crippen LogP contribution in [0, 0.1) is 19.8 Å². The summed E-state index contributed by atoms with van der Waals surface area (Å²) in [6.07, 6.45) is 5.51. The Morgan fingerprint density at radius 1 is 1.10 bits per heavy atom. The zero-order chi connectivity index (χ0) is 15.2. The molecule has 1 atom stereocenters. The van der Waals surface area contributed by atoms with Crippen LogP contribution in [0.2, 0.25) is 0 Å². The Labute approximate surface area is 128 Å². The molecule has 1 aliphatic rings. The van der Waals surface area contributed by atoms with E-state index in [4.69, 9.17) is 5.73 Å². The Balaban J connectivity index is 2.05. The van der Waals surface area contributed by atoms with E-state index in [1.54, 1.807) is 0 Å². The van der Waals surface area contributed by atoms with E-state index in [0.29, 0.717) is 6.54 Å². The van der Waals surface area contributed by atoms with Gasteiger partial charge in [-0.3, -0.25) is 4.79 Å². The number of nitrogens with zero attached hydrogens (tertiary/aromatic N) is 1. The first kappa shape index (κ1) is 16.0. The van der Waals surface area contributed by atoms with Crippen molar-refractivity contribution < 1.29 is 4.79 Å². The molecule has 1 aliphatic heterocycles. The monoisotopic (exact) mass is 288 g/mol. The summed E-state index contributed by atoms with van der Waals surface area (Å²) in [7, 11) is 0. The Hall–Kier alpha value is -1.35. The molecule has 1 amide bonds. The fourth-order valence-corrected chi connectivity index (χ4v) is 3.29. The molecule has 3 heteroatoms. The van der Waals surface area contributed by atoms with Crippen LogP contribution in [0.15, 0.2) is 18.2 Å². The van der Waals surface area contributed by atoms with Crippen LogP contribution >= 0.6 is 0 Å². The van der Waals surface area contributed by atoms with Crippen molar-refractivity contribution in [2.75, 3.05) is 19.6 Å². The van der Waals surface area contributed by atoms with Crippen molar-refractivity contribution in [3.63, 3.8) is 0 Å². The highest BCUT2D eigenvalue weighted by Crippen LogP contribution is 2.17. The first-order chi connectivity index (χ1) is 10.1. The third-order valence-electron chi connectivity index (χ3n) is 4.32. The van der Waals surface area contributed by atoms with Crippen LogP contribution in [-0.4, -0.2) is 30.4 Å². The number of amides is 1. The molecule has 3 nitrogen and oxygen atoms in total. The highest BCUT2D eigenvalue weighted by Gasteiger charge is 2.24. The van der Waals surface area contributed by atoms with Gasteiger partial charge >= 0.3 is 0 Å². The minimum atomic E-state index is -0.0794. The lowest BCUT2D eigenvalue weighted by molar-refractivity contribution is -0.135. The van der Waals surface area contributed by atoms with E-state index in [1.807, 2.05) is 4.90 Å². The molecule has 1 heterocycles. The molecule has 0 spiro atoms. The van der Waals surface area contributed by atoms with Crippen molar-refractivity contribution in [3.8, 4) is 0 Å². The van der Waals surface area contributed by atoms with Crippen molar-refractivity contribution in [1.29, 1.82) is 0 Å². The molecule has 1 aromatic carbocycles. The first-order valence-corrected chi connectivity index (χ1v) is 8.16. The van der Waals surface area contributed by atoms with Crippen molar-refractivity contribution in [3.05, 3.63) is 34.9 Å². The summed E-state index contributed by atoms with van der Waals surface area (Å²) < 4.78 is 0. The maximum absolute atomic E-state index is 12.7. The second-order valence-corrected chi connectivity index (χ2v) is 6.37. The molecular formula is C18H28N2O. The number of hydrogen-bond donors (Lipinski definition) is 1. The lowest BCUT2D eigenvalue weighted by Gasteiger charge is -2.25. The van der Waals surface area contributed by atoms with E-state index in [9.17, 15) is 4.79 Å². The van der Waals surface area contributed by atoms with Gasteiger partial charge < -0.3 is 10.6 Å². The number of nitrogens with two attached hydrogens (primary N) is 1. The van der Waals surface area contributed by atoms with Crippen LogP contribution in [0.4, 0.5) is 0 Å². The van der Waals surface area contributed by atoms with Crippen LogP contribution in [0.5, 0.6) is 0 Å². The van der Waals surface area contributed by atoms with E-state index < -0.39 is 0 Å². The van der Waals surface area contributed by atoms with Gasteiger partial charge in [-0.15, -0.1) is 0 Å². The maximum Gasteiger partial charge on any atom is 0.227 e. The number of likely N-dealkylation sites (tertiary alicyclic amines) is 1. The third-order valence-corrected chi connectivity index (χ3v) is 4.32. The average Bonchev–Trinajstić information content (AvgIpc) is 2.72. The minimum absolute atomic E-state index is 0.0794. The van der Waals surface area contributed by atoms with Crippen molar-refractivity contribution >= 4 is 5.91 Å². The minimum Gasteiger partial charge on any atom is -0.342 e. The Bertz CT molecular complexity index is 456. The maximum atomic E-state index is 12.7. The Kier molecular flexibility index (Phi) is 5.80. The van der Waals surface area contributed by atoms with E-state index in [2.05, 4.69) is 32.0 Å². The van der Waals surface area contributed by atoms with Gasteiger partial charge in [-0.1, -0.05) is 42.2 Å². The molecule has 0 radical (unpaired) electrons. The summed E-state index contributed by atoms with van der Waals surface area (Å²) in [5.74, 6) is 0.169. The van der Waals surface area contributed by atoms with Gasteiger partial charge in [0.2, 0.25) is 5.91 Å². The molecule has 116 valence electrons. The first-order valence-electron chi connectivity index (χ1n) is 8.16. The van der Waals surface area contributed by atoms with Crippen LogP contribution in [-0.2, 0) is 11.2 Å². The van der Waals surface area contributed by atoms with E-state index in [-0.39, 0.29) is 11.8 Å². The molecule has 0 bridgehead atoms. The van der Waals surface area contributed by atoms with E-state index >= 15 is 0 Å². The standard InChI is InChI=1S/C18H28N2O/c1-14-9-15(2)11-16(10-14)12-17(13-19)18(21)20-7-5-3-4-6-8-20/h9-11,17H,3-8,12-13,19H2,1-2H3. The lowest BCUT2D eigenvalue weighted by atomic mass is 9.95. The van der Waals surface area contributed by atoms with Gasteiger partial charge in [0.1, 0.15) is 0 Å². The van der Waals surface area contributed by atoms with E-state index in [1.165, 1.54) is 29.5 Å². The third kappa shape index (κ3) is 4.57. The van der Waals surface area contributed by atoms with Gasteiger partial charge in [0, 0.05) is 19.6 Å². The van der Waals surface area contributed by atoms with Gasteiger partial charge in [-0.2, -0.15) is 0 Å². The molecule has 0 aromatic heterocycles. The van der Waals surface area contributed by atoms with Crippen molar-refractivity contribution in [2.24, 2.45) is 11.7 Å². The highest BCUT2D eigenvalue weighted by atomic mass is 16.2. The number of hydrogen-bond acceptors (Lipinski definition) is 2. The number of aryl methyl sites for hydroxylation is 2. The van der Waals surface area contributed by atoms with Gasteiger partial charge in [-0.25, -0.2) is 0 Å². The number of carbonyl (C=O) groups is 1. The van der Waals surface area contributed by atoms with Crippen LogP contribution in [0.1, 0.15) is 42.4 Å². The Morgan fingerprint density at radius 2 is 1.67 bits per heavy atom. The zero-order valence-corrected chi connectivity index (χ0v) is 13.4. The molecular weight excluding hydrogens is 260 g/mol. The summed E-state index contributed by atoms with van der Waals surface area (Å²) in [5, 5.41) is 0. The van der Waals surface area contributed by atoms with Gasteiger partial charge in [-0.05, 0) is 38.7 Å². The lowest BCUT2D eigenvalue weighted by Crippen LogP contribution is -2.40. The smallest absolute Gasteiger partial charge is 0.227 e. The molecule has 1 unspecified atom stereocenters. The summed E-state index contributed by atoms with van der Waals surface area (Å²) in [5.41, 5.74) is 9.63. The topological polar surface area (TPSA) is 46.3 Å². The predicted octanol–water partition coefficient (Wildman–Crippen LogP) is 2.82. The van der Waals surface area contributed by atoms with Gasteiger partial charge in [0.15, 0.2) is 0 Å². The SMILES string of the molecule is Cc1cc(C)cc(CC(CN)C(=O)N2CCCCCC2)c1. The summed E-state index contributed by atoms with van der Waals surface area (Å²) >= 11 is 0. The molecule has 1 saturated heterocycles. The van der Waals surface area contributed by atoms with E-state index in [0.717, 1.165) is 32.4 Å². The normalized spacial score (nSPS) is 17.4. The molecule has 0 saturated carbocycles. The molecule has 2 N–H and O–H groups in total. The molecule has 1 aromatic rings. The summed E-state index contributed by atoms with van der Waals surface area (Å²) in [4.78, 5) is 14.7. The van der Waals surface area contributed by atoms with Crippen molar-refractivity contribution in [2.45, 2.75) is 46.0 Å². The van der Waals surface area contributed by atoms with Gasteiger partial charge in [0.05, 0.1) is 5.92 Å². The number of carbonyl (C=O) groups excluding carboxylic acids is 1. The average molecular weight is 288 g/mol. The number of rotatable bonds is 4. The van der Waals surface area contributed by atoms with Gasteiger partial charge in [0.25, 0.3) is 0 Å². The van der Waals surface area contributed by atoms with Crippen LogP contribution < -0.4 is 5.73 Å². The van der Waals surface area contributed by atoms with Crippen LogP contribution in [0.3, 0.4) is 0 Å².